The fourth-order valence-corrected chi connectivity index (χ4v) is 1.40. The van der Waals surface area contributed by atoms with Gasteiger partial charge in [0.25, 0.3) is 0 Å². The van der Waals surface area contributed by atoms with E-state index in [0.717, 1.165) is 5.00 Å². The quantitative estimate of drug-likeness (QED) is 0.643. The lowest BCUT2D eigenvalue weighted by molar-refractivity contribution is 0.252. The van der Waals surface area contributed by atoms with E-state index in [2.05, 4.69) is 23.3 Å². The van der Waals surface area contributed by atoms with Crippen molar-refractivity contribution in [2.24, 2.45) is 0 Å². The van der Waals surface area contributed by atoms with Crippen molar-refractivity contribution < 1.29 is 4.79 Å². The van der Waals surface area contributed by atoms with E-state index >= 15 is 0 Å². The largest absolute Gasteiger partial charge is 0.337 e. The van der Waals surface area contributed by atoms with Crippen molar-refractivity contribution in [2.75, 3.05) is 17.6 Å². The molecule has 0 saturated heterocycles. The van der Waals surface area contributed by atoms with Crippen molar-refractivity contribution in [1.29, 1.82) is 0 Å². The van der Waals surface area contributed by atoms with Crippen LogP contribution in [0.5, 0.6) is 0 Å². The second-order valence-electron chi connectivity index (χ2n) is 2.08. The van der Waals surface area contributed by atoms with Gasteiger partial charge >= 0.3 is 6.03 Å². The monoisotopic (exact) mass is 202 g/mol. The molecule has 0 aliphatic carbocycles. The zero-order valence-corrected chi connectivity index (χ0v) is 8.12. The number of carbonyl (C=O) groups excluding carboxylic acids is 1. The first-order valence-electron chi connectivity index (χ1n) is 3.52. The molecule has 0 spiro atoms. The number of thiol groups is 1. The minimum Gasteiger partial charge on any atom is -0.337 e. The van der Waals surface area contributed by atoms with Crippen LogP contribution in [0.3, 0.4) is 0 Å². The Morgan fingerprint density at radius 2 is 2.50 bits per heavy atom. The molecule has 1 rings (SSSR count). The molecule has 3 nitrogen and oxygen atoms in total. The highest BCUT2D eigenvalue weighted by Gasteiger charge is 1.99. The van der Waals surface area contributed by atoms with Crippen LogP contribution in [0.15, 0.2) is 17.5 Å². The van der Waals surface area contributed by atoms with E-state index in [-0.39, 0.29) is 6.03 Å². The Balaban J connectivity index is 2.27. The molecule has 0 radical (unpaired) electrons. The van der Waals surface area contributed by atoms with Gasteiger partial charge in [0, 0.05) is 12.3 Å². The van der Waals surface area contributed by atoms with E-state index in [4.69, 9.17) is 0 Å². The molecule has 1 aromatic rings. The topological polar surface area (TPSA) is 41.1 Å². The standard InChI is InChI=1S/C7H10N2OS2/c10-7(8-3-4-11)9-6-2-1-5-12-6/h1-2,5,11H,3-4H2,(H2,8,9,10). The normalized spacial score (nSPS) is 9.42. The Bertz CT molecular complexity index is 236. The molecule has 0 aromatic carbocycles. The van der Waals surface area contributed by atoms with E-state index in [1.807, 2.05) is 17.5 Å². The highest BCUT2D eigenvalue weighted by atomic mass is 32.1. The molecular formula is C7H10N2OS2. The molecule has 1 heterocycles. The first kappa shape index (κ1) is 9.41. The van der Waals surface area contributed by atoms with E-state index in [9.17, 15) is 4.79 Å². The van der Waals surface area contributed by atoms with Crippen LogP contribution in [-0.2, 0) is 0 Å². The van der Waals surface area contributed by atoms with Gasteiger partial charge in [0.1, 0.15) is 0 Å². The van der Waals surface area contributed by atoms with E-state index in [1.54, 1.807) is 0 Å². The molecular weight excluding hydrogens is 192 g/mol. The Hall–Kier alpha value is -0.680. The van der Waals surface area contributed by atoms with Gasteiger partial charge < -0.3 is 5.32 Å². The second-order valence-corrected chi connectivity index (χ2v) is 3.48. The molecule has 0 fully saturated rings. The van der Waals surface area contributed by atoms with Crippen molar-refractivity contribution in [2.45, 2.75) is 0 Å². The second kappa shape index (κ2) is 5.05. The van der Waals surface area contributed by atoms with Gasteiger partial charge in [-0.05, 0) is 17.5 Å². The maximum atomic E-state index is 11.0. The van der Waals surface area contributed by atoms with Gasteiger partial charge in [-0.2, -0.15) is 12.6 Å². The number of rotatable bonds is 3. The first-order chi connectivity index (χ1) is 5.83. The van der Waals surface area contributed by atoms with E-state index in [0.29, 0.717) is 12.3 Å². The van der Waals surface area contributed by atoms with Gasteiger partial charge in [0.15, 0.2) is 0 Å². The summed E-state index contributed by atoms with van der Waals surface area (Å²) in [5.41, 5.74) is 0. The lowest BCUT2D eigenvalue weighted by Gasteiger charge is -2.02. The predicted molar refractivity (Wildman–Crippen MR) is 55.2 cm³/mol. The minimum atomic E-state index is -0.175. The van der Waals surface area contributed by atoms with Gasteiger partial charge in [-0.15, -0.1) is 11.3 Å². The van der Waals surface area contributed by atoms with E-state index in [1.165, 1.54) is 11.3 Å². The summed E-state index contributed by atoms with van der Waals surface area (Å²) in [6, 6.07) is 3.57. The highest BCUT2D eigenvalue weighted by molar-refractivity contribution is 7.80. The zero-order chi connectivity index (χ0) is 8.81. The molecule has 0 unspecified atom stereocenters. The number of hydrogen-bond acceptors (Lipinski definition) is 3. The van der Waals surface area contributed by atoms with Crippen LogP contribution < -0.4 is 10.6 Å². The highest BCUT2D eigenvalue weighted by Crippen LogP contribution is 2.14. The SMILES string of the molecule is O=C(NCCS)Nc1cccs1. The lowest BCUT2D eigenvalue weighted by Crippen LogP contribution is -2.29. The Kier molecular flexibility index (Phi) is 3.96. The van der Waals surface area contributed by atoms with Crippen molar-refractivity contribution in [3.05, 3.63) is 17.5 Å². The van der Waals surface area contributed by atoms with Crippen LogP contribution in [0, 0.1) is 0 Å². The molecule has 0 saturated carbocycles. The molecule has 0 aliphatic rings. The Morgan fingerprint density at radius 3 is 3.08 bits per heavy atom. The summed E-state index contributed by atoms with van der Waals surface area (Å²) in [4.78, 5) is 11.0. The summed E-state index contributed by atoms with van der Waals surface area (Å²) >= 11 is 5.46. The molecule has 0 atom stereocenters. The number of amides is 2. The maximum Gasteiger partial charge on any atom is 0.319 e. The van der Waals surface area contributed by atoms with Gasteiger partial charge in [0.2, 0.25) is 0 Å². The fraction of sp³-hybridized carbons (Fsp3) is 0.286. The van der Waals surface area contributed by atoms with Crippen LogP contribution in [0.4, 0.5) is 9.80 Å². The summed E-state index contributed by atoms with van der Waals surface area (Å²) in [6.07, 6.45) is 0. The number of thiophene rings is 1. The number of urea groups is 1. The maximum absolute atomic E-state index is 11.0. The van der Waals surface area contributed by atoms with Crippen LogP contribution in [0.25, 0.3) is 0 Å². The predicted octanol–water partition coefficient (Wildman–Crippen LogP) is 1.80. The average Bonchev–Trinajstić information content (AvgIpc) is 2.53. The van der Waals surface area contributed by atoms with Gasteiger partial charge in [-0.1, -0.05) is 0 Å². The summed E-state index contributed by atoms with van der Waals surface area (Å²) in [7, 11) is 0. The number of nitrogens with one attached hydrogen (secondary N) is 2. The van der Waals surface area contributed by atoms with Crippen molar-refractivity contribution in [3.63, 3.8) is 0 Å². The number of anilines is 1. The van der Waals surface area contributed by atoms with Crippen LogP contribution >= 0.6 is 24.0 Å². The molecule has 1 aromatic heterocycles. The fourth-order valence-electron chi connectivity index (χ4n) is 0.675. The minimum absolute atomic E-state index is 0.175. The zero-order valence-electron chi connectivity index (χ0n) is 6.41. The summed E-state index contributed by atoms with van der Waals surface area (Å²) in [5, 5.41) is 8.11. The number of hydrogen-bond donors (Lipinski definition) is 3. The van der Waals surface area contributed by atoms with Crippen molar-refractivity contribution in [3.8, 4) is 0 Å². The van der Waals surface area contributed by atoms with Gasteiger partial charge in [-0.25, -0.2) is 4.79 Å². The Morgan fingerprint density at radius 1 is 1.67 bits per heavy atom. The van der Waals surface area contributed by atoms with Crippen molar-refractivity contribution >= 4 is 35.0 Å². The lowest BCUT2D eigenvalue weighted by atomic mass is 10.6. The third kappa shape index (κ3) is 3.15. The first-order valence-corrected chi connectivity index (χ1v) is 5.03. The van der Waals surface area contributed by atoms with Crippen LogP contribution in [-0.4, -0.2) is 18.3 Å². The summed E-state index contributed by atoms with van der Waals surface area (Å²) < 4.78 is 0. The van der Waals surface area contributed by atoms with E-state index < -0.39 is 0 Å². The molecule has 0 bridgehead atoms. The molecule has 5 heteroatoms. The van der Waals surface area contributed by atoms with Crippen LogP contribution in [0.2, 0.25) is 0 Å². The Labute approximate surface area is 80.6 Å². The molecule has 0 aliphatic heterocycles. The third-order valence-corrected chi connectivity index (χ3v) is 2.16. The number of carbonyl (C=O) groups is 1. The van der Waals surface area contributed by atoms with Crippen LogP contribution in [0.1, 0.15) is 0 Å². The third-order valence-electron chi connectivity index (χ3n) is 1.16. The summed E-state index contributed by atoms with van der Waals surface area (Å²) in [6.45, 7) is 0.584. The summed E-state index contributed by atoms with van der Waals surface area (Å²) in [5.74, 6) is 0.651. The molecule has 12 heavy (non-hydrogen) atoms. The van der Waals surface area contributed by atoms with Crippen molar-refractivity contribution in [1.82, 2.24) is 5.32 Å². The smallest absolute Gasteiger partial charge is 0.319 e. The van der Waals surface area contributed by atoms with Gasteiger partial charge in [-0.3, -0.25) is 5.32 Å². The molecule has 66 valence electrons. The van der Waals surface area contributed by atoms with Gasteiger partial charge in [0.05, 0.1) is 5.00 Å². The average molecular weight is 202 g/mol. The molecule has 2 N–H and O–H groups in total. The molecule has 2 amide bonds.